The van der Waals surface area contributed by atoms with Crippen molar-refractivity contribution >= 4 is 38.0 Å². The predicted octanol–water partition coefficient (Wildman–Crippen LogP) is 4.32. The molecule has 33 heavy (non-hydrogen) atoms. The Hall–Kier alpha value is -4.36. The molecule has 0 saturated heterocycles. The van der Waals surface area contributed by atoms with E-state index in [1.54, 1.807) is 12.1 Å². The quantitative estimate of drug-likeness (QED) is 0.167. The summed E-state index contributed by atoms with van der Waals surface area (Å²) in [6, 6.07) is 12.4. The van der Waals surface area contributed by atoms with Crippen LogP contribution in [-0.2, 0) is 10.1 Å². The van der Waals surface area contributed by atoms with Crippen LogP contribution in [0.4, 0.5) is 17.1 Å². The topological polar surface area (TPSA) is 181 Å². The van der Waals surface area contributed by atoms with Crippen molar-refractivity contribution in [2.75, 3.05) is 0 Å². The maximum atomic E-state index is 11.7. The van der Waals surface area contributed by atoms with Crippen LogP contribution in [0.2, 0.25) is 0 Å². The standard InChI is InChI=1S/C20H15N5O7S/c1-11-18(20(27)24(23-11)12-5-4-6-13(9-12)25(28)29)21-22-19-15-8-3-2-7-14(15)17(10-16(19)26)33(30,31)32/h2-10,26-27H,1H3,(H,30,31,32)/b22-21+. The van der Waals surface area contributed by atoms with Gasteiger partial charge in [-0.3, -0.25) is 14.7 Å². The van der Waals surface area contributed by atoms with E-state index in [4.69, 9.17) is 0 Å². The summed E-state index contributed by atoms with van der Waals surface area (Å²) < 4.78 is 33.9. The molecule has 4 rings (SSSR count). The lowest BCUT2D eigenvalue weighted by molar-refractivity contribution is -0.384. The monoisotopic (exact) mass is 469 g/mol. The van der Waals surface area contributed by atoms with E-state index in [1.807, 2.05) is 0 Å². The molecule has 0 aliphatic carbocycles. The van der Waals surface area contributed by atoms with E-state index in [1.165, 1.54) is 43.3 Å². The molecule has 1 heterocycles. The van der Waals surface area contributed by atoms with Crippen molar-refractivity contribution < 1.29 is 28.1 Å². The summed E-state index contributed by atoms with van der Waals surface area (Å²) in [5.41, 5.74) is 0.0976. The maximum Gasteiger partial charge on any atom is 0.295 e. The molecule has 1 aromatic heterocycles. The minimum atomic E-state index is -4.62. The van der Waals surface area contributed by atoms with Crippen molar-refractivity contribution in [1.29, 1.82) is 0 Å². The third-order valence-electron chi connectivity index (χ3n) is 4.78. The van der Waals surface area contributed by atoms with Crippen LogP contribution in [0.5, 0.6) is 11.6 Å². The molecule has 0 saturated carbocycles. The molecule has 168 valence electrons. The average molecular weight is 469 g/mol. The zero-order chi connectivity index (χ0) is 23.9. The highest BCUT2D eigenvalue weighted by Gasteiger charge is 2.21. The third-order valence-corrected chi connectivity index (χ3v) is 5.67. The molecule has 12 nitrogen and oxygen atoms in total. The van der Waals surface area contributed by atoms with E-state index in [0.717, 1.165) is 10.7 Å². The number of fused-ring (bicyclic) bond motifs is 1. The Labute approximate surface area is 186 Å². The largest absolute Gasteiger partial charge is 0.506 e. The Morgan fingerprint density at radius 2 is 1.67 bits per heavy atom. The molecule has 0 spiro atoms. The lowest BCUT2D eigenvalue weighted by atomic mass is 10.1. The first kappa shape index (κ1) is 21.9. The summed E-state index contributed by atoms with van der Waals surface area (Å²) in [4.78, 5) is 9.95. The molecule has 0 atom stereocenters. The molecule has 3 aromatic carbocycles. The molecule has 3 N–H and O–H groups in total. The molecule has 0 aliphatic rings. The Bertz CT molecular complexity index is 1560. The molecule has 13 heteroatoms. The second-order valence-corrected chi connectivity index (χ2v) is 8.30. The molecule has 4 aromatic rings. The van der Waals surface area contributed by atoms with Crippen molar-refractivity contribution in [2.24, 2.45) is 10.2 Å². The highest BCUT2D eigenvalue weighted by atomic mass is 32.2. The van der Waals surface area contributed by atoms with Gasteiger partial charge in [-0.15, -0.1) is 10.2 Å². The number of azo groups is 1. The number of nitrogens with zero attached hydrogens (tertiary/aromatic N) is 5. The van der Waals surface area contributed by atoms with Crippen LogP contribution in [0.3, 0.4) is 0 Å². The van der Waals surface area contributed by atoms with Gasteiger partial charge in [-0.1, -0.05) is 30.3 Å². The Morgan fingerprint density at radius 1 is 1.00 bits per heavy atom. The molecular weight excluding hydrogens is 454 g/mol. The highest BCUT2D eigenvalue weighted by Crippen LogP contribution is 2.41. The zero-order valence-electron chi connectivity index (χ0n) is 16.8. The van der Waals surface area contributed by atoms with Gasteiger partial charge in [0.25, 0.3) is 15.8 Å². The molecular formula is C20H15N5O7S. The number of phenolic OH excluding ortho intramolecular Hbond substituents is 1. The van der Waals surface area contributed by atoms with E-state index in [-0.39, 0.29) is 39.2 Å². The summed E-state index contributed by atoms with van der Waals surface area (Å²) in [7, 11) is -4.62. The van der Waals surface area contributed by atoms with Crippen molar-refractivity contribution in [1.82, 2.24) is 9.78 Å². The van der Waals surface area contributed by atoms with Crippen LogP contribution < -0.4 is 0 Å². The fourth-order valence-corrected chi connectivity index (χ4v) is 3.99. The van der Waals surface area contributed by atoms with Crippen molar-refractivity contribution in [3.8, 4) is 17.3 Å². The van der Waals surface area contributed by atoms with Crippen molar-refractivity contribution in [3.05, 3.63) is 70.4 Å². The van der Waals surface area contributed by atoms with Crippen molar-refractivity contribution in [3.63, 3.8) is 0 Å². The number of aromatic hydroxyl groups is 2. The minimum Gasteiger partial charge on any atom is -0.506 e. The number of benzene rings is 3. The van der Waals surface area contributed by atoms with E-state index in [0.29, 0.717) is 0 Å². The lowest BCUT2D eigenvalue weighted by Gasteiger charge is -2.08. The number of non-ortho nitro benzene ring substituents is 1. The summed E-state index contributed by atoms with van der Waals surface area (Å²) in [5, 5.41) is 44.4. The molecule has 0 radical (unpaired) electrons. The maximum absolute atomic E-state index is 11.7. The molecule has 0 bridgehead atoms. The van der Waals surface area contributed by atoms with E-state index in [2.05, 4.69) is 15.3 Å². The SMILES string of the molecule is Cc1nn(-c2cccc([N+](=O)[O-])c2)c(O)c1/N=N/c1c(O)cc(S(=O)(=O)O)c2ccccc12. The number of phenols is 1. The predicted molar refractivity (Wildman–Crippen MR) is 116 cm³/mol. The Balaban J connectivity index is 1.83. The van der Waals surface area contributed by atoms with Gasteiger partial charge in [0.05, 0.1) is 16.3 Å². The van der Waals surface area contributed by atoms with Gasteiger partial charge in [0.2, 0.25) is 5.88 Å². The van der Waals surface area contributed by atoms with Crippen molar-refractivity contribution in [2.45, 2.75) is 11.8 Å². The summed E-state index contributed by atoms with van der Waals surface area (Å²) >= 11 is 0. The second-order valence-electron chi connectivity index (χ2n) is 6.91. The second kappa shape index (κ2) is 7.96. The van der Waals surface area contributed by atoms with Crippen LogP contribution in [0, 0.1) is 17.0 Å². The first-order valence-electron chi connectivity index (χ1n) is 9.25. The molecule has 0 fully saturated rings. The highest BCUT2D eigenvalue weighted by molar-refractivity contribution is 7.86. The van der Waals surface area contributed by atoms with Gasteiger partial charge in [-0.25, -0.2) is 0 Å². The number of aromatic nitrogens is 2. The van der Waals surface area contributed by atoms with Crippen LogP contribution in [0.15, 0.2) is 69.7 Å². The number of hydrogen-bond donors (Lipinski definition) is 3. The molecule has 0 unspecified atom stereocenters. The number of rotatable bonds is 5. The zero-order valence-corrected chi connectivity index (χ0v) is 17.6. The Kier molecular flexibility index (Phi) is 5.27. The fourth-order valence-electron chi connectivity index (χ4n) is 3.27. The van der Waals surface area contributed by atoms with Crippen LogP contribution in [0.25, 0.3) is 16.5 Å². The number of nitro benzene ring substituents is 1. The number of aryl methyl sites for hydroxylation is 1. The van der Waals surface area contributed by atoms with Gasteiger partial charge in [0.1, 0.15) is 16.3 Å². The van der Waals surface area contributed by atoms with E-state index >= 15 is 0 Å². The first-order chi connectivity index (χ1) is 15.6. The third kappa shape index (κ3) is 3.97. The summed E-state index contributed by atoms with van der Waals surface area (Å²) in [6.07, 6.45) is 0. The summed E-state index contributed by atoms with van der Waals surface area (Å²) in [6.45, 7) is 1.53. The van der Waals surface area contributed by atoms with Crippen LogP contribution in [-0.4, -0.2) is 37.9 Å². The van der Waals surface area contributed by atoms with E-state index in [9.17, 15) is 33.3 Å². The van der Waals surface area contributed by atoms with Gasteiger partial charge in [-0.05, 0) is 13.0 Å². The molecule has 0 aliphatic heterocycles. The fraction of sp³-hybridized carbons (Fsp3) is 0.0500. The van der Waals surface area contributed by atoms with Gasteiger partial charge >= 0.3 is 0 Å². The first-order valence-corrected chi connectivity index (χ1v) is 10.7. The lowest BCUT2D eigenvalue weighted by Crippen LogP contribution is -1.99. The normalized spacial score (nSPS) is 11.9. The summed E-state index contributed by atoms with van der Waals surface area (Å²) in [5.74, 6) is -1.01. The molecule has 0 amide bonds. The number of hydrogen-bond acceptors (Lipinski definition) is 9. The minimum absolute atomic E-state index is 0.0659. The van der Waals surface area contributed by atoms with Crippen LogP contribution in [0.1, 0.15) is 5.69 Å². The van der Waals surface area contributed by atoms with E-state index < -0.39 is 31.6 Å². The average Bonchev–Trinajstić information content (AvgIpc) is 3.05. The Morgan fingerprint density at radius 3 is 2.33 bits per heavy atom. The van der Waals surface area contributed by atoms with Gasteiger partial charge in [0.15, 0.2) is 5.69 Å². The smallest absolute Gasteiger partial charge is 0.295 e. The number of nitro groups is 1. The van der Waals surface area contributed by atoms with Crippen LogP contribution >= 0.6 is 0 Å². The van der Waals surface area contributed by atoms with Gasteiger partial charge in [-0.2, -0.15) is 18.2 Å². The van der Waals surface area contributed by atoms with Gasteiger partial charge < -0.3 is 10.2 Å². The van der Waals surface area contributed by atoms with Gasteiger partial charge in [0, 0.05) is 29.0 Å².